The van der Waals surface area contributed by atoms with Crippen molar-refractivity contribution in [2.75, 3.05) is 0 Å². The maximum absolute atomic E-state index is 11.8. The molecule has 2 aromatic heterocycles. The van der Waals surface area contributed by atoms with Gasteiger partial charge < -0.3 is 19.8 Å². The third-order valence-corrected chi connectivity index (χ3v) is 2.74. The van der Waals surface area contributed by atoms with Crippen LogP contribution in [-0.4, -0.2) is 33.0 Å². The van der Waals surface area contributed by atoms with E-state index in [1.54, 1.807) is 0 Å². The molecule has 7 nitrogen and oxygen atoms in total. The molecule has 19 heavy (non-hydrogen) atoms. The van der Waals surface area contributed by atoms with Gasteiger partial charge in [-0.05, 0) is 17.7 Å². The summed E-state index contributed by atoms with van der Waals surface area (Å²) in [4.78, 5) is 29.5. The smallest absolute Gasteiger partial charge is 0.326 e. The molecule has 2 aromatic rings. The molecule has 0 radical (unpaired) electrons. The van der Waals surface area contributed by atoms with Gasteiger partial charge >= 0.3 is 5.97 Å². The number of aliphatic carboxylic acids is 1. The Bertz CT molecular complexity index is 579. The third kappa shape index (κ3) is 3.14. The van der Waals surface area contributed by atoms with Crippen LogP contribution in [0.15, 0.2) is 29.3 Å². The Morgan fingerprint density at radius 2 is 2.37 bits per heavy atom. The van der Waals surface area contributed by atoms with Gasteiger partial charge in [-0.2, -0.15) is 0 Å². The number of furan rings is 1. The molecular weight excluding hydrogens is 274 g/mol. The number of nitrogens with one attached hydrogen (secondary N) is 2. The molecule has 0 saturated heterocycles. The van der Waals surface area contributed by atoms with Crippen LogP contribution < -0.4 is 5.32 Å². The maximum atomic E-state index is 11.8. The van der Waals surface area contributed by atoms with Crippen molar-refractivity contribution >= 4 is 23.5 Å². The topological polar surface area (TPSA) is 108 Å². The lowest BCUT2D eigenvalue weighted by Gasteiger charge is -2.12. The van der Waals surface area contributed by atoms with Gasteiger partial charge in [0.1, 0.15) is 6.04 Å². The summed E-state index contributed by atoms with van der Waals surface area (Å²) in [5.41, 5.74) is 0.698. The number of aromatic amines is 1. The first-order valence-electron chi connectivity index (χ1n) is 5.32. The lowest BCUT2D eigenvalue weighted by molar-refractivity contribution is -0.139. The molecule has 100 valence electrons. The average molecular weight is 284 g/mol. The Hall–Kier alpha value is -2.28. The van der Waals surface area contributed by atoms with E-state index in [2.05, 4.69) is 15.3 Å². The first-order valence-corrected chi connectivity index (χ1v) is 5.69. The molecule has 0 fully saturated rings. The van der Waals surface area contributed by atoms with Crippen LogP contribution in [-0.2, 0) is 11.2 Å². The first-order chi connectivity index (χ1) is 9.08. The molecule has 3 N–H and O–H groups in total. The minimum Gasteiger partial charge on any atom is -0.480 e. The van der Waals surface area contributed by atoms with Crippen LogP contribution in [0.25, 0.3) is 0 Å². The van der Waals surface area contributed by atoms with Crippen LogP contribution in [0.4, 0.5) is 0 Å². The van der Waals surface area contributed by atoms with Gasteiger partial charge in [-0.25, -0.2) is 9.78 Å². The second-order valence-corrected chi connectivity index (χ2v) is 4.10. The quantitative estimate of drug-likeness (QED) is 0.761. The Kier molecular flexibility index (Phi) is 3.86. The second kappa shape index (κ2) is 5.57. The van der Waals surface area contributed by atoms with E-state index in [1.165, 1.54) is 24.9 Å². The highest BCUT2D eigenvalue weighted by molar-refractivity contribution is 6.32. The number of carboxylic acid groups (broad SMARTS) is 1. The van der Waals surface area contributed by atoms with E-state index in [0.29, 0.717) is 5.69 Å². The van der Waals surface area contributed by atoms with E-state index in [4.69, 9.17) is 21.1 Å². The van der Waals surface area contributed by atoms with E-state index >= 15 is 0 Å². The van der Waals surface area contributed by atoms with E-state index in [1.807, 2.05) is 0 Å². The maximum Gasteiger partial charge on any atom is 0.326 e. The van der Waals surface area contributed by atoms with Crippen molar-refractivity contribution in [2.24, 2.45) is 0 Å². The zero-order valence-corrected chi connectivity index (χ0v) is 10.3. The number of rotatable bonds is 5. The Morgan fingerprint density at radius 1 is 1.58 bits per heavy atom. The summed E-state index contributed by atoms with van der Waals surface area (Å²) in [6.07, 6.45) is 4.27. The third-order valence-electron chi connectivity index (χ3n) is 2.44. The molecule has 2 heterocycles. The van der Waals surface area contributed by atoms with Crippen LogP contribution in [0, 0.1) is 0 Å². The Labute approximate surface area is 112 Å². The van der Waals surface area contributed by atoms with E-state index in [0.717, 1.165) is 0 Å². The van der Waals surface area contributed by atoms with Gasteiger partial charge in [-0.15, -0.1) is 0 Å². The van der Waals surface area contributed by atoms with Crippen molar-refractivity contribution in [3.63, 3.8) is 0 Å². The van der Waals surface area contributed by atoms with Gasteiger partial charge in [0.15, 0.2) is 0 Å². The van der Waals surface area contributed by atoms with Gasteiger partial charge in [0.25, 0.3) is 5.91 Å². The molecule has 0 aliphatic rings. The highest BCUT2D eigenvalue weighted by Crippen LogP contribution is 2.16. The molecule has 1 unspecified atom stereocenters. The van der Waals surface area contributed by atoms with Gasteiger partial charge in [0, 0.05) is 18.3 Å². The van der Waals surface area contributed by atoms with Crippen molar-refractivity contribution in [3.8, 4) is 0 Å². The predicted octanol–water partition coefficient (Wildman–Crippen LogP) is 1.08. The monoisotopic (exact) mass is 283 g/mol. The number of imidazole rings is 1. The first kappa shape index (κ1) is 13.2. The number of carbonyl (C=O) groups is 2. The van der Waals surface area contributed by atoms with Gasteiger partial charge in [0.05, 0.1) is 18.2 Å². The zero-order valence-electron chi connectivity index (χ0n) is 9.59. The minimum atomic E-state index is -1.15. The molecule has 2 rings (SSSR count). The summed E-state index contributed by atoms with van der Waals surface area (Å²) in [5.74, 6) is -1.76. The van der Waals surface area contributed by atoms with Crippen LogP contribution >= 0.6 is 11.6 Å². The average Bonchev–Trinajstić information content (AvgIpc) is 2.99. The molecular formula is C11H10ClN3O4. The van der Waals surface area contributed by atoms with Crippen LogP contribution in [0.5, 0.6) is 0 Å². The summed E-state index contributed by atoms with van der Waals surface area (Å²) in [6, 6.07) is 0.283. The summed E-state index contributed by atoms with van der Waals surface area (Å²) in [7, 11) is 0. The summed E-state index contributed by atoms with van der Waals surface area (Å²) >= 11 is 5.65. The van der Waals surface area contributed by atoms with Gasteiger partial charge in [-0.1, -0.05) is 0 Å². The molecule has 8 heteroatoms. The molecule has 1 atom stereocenters. The standard InChI is InChI=1S/C11H10ClN3O4/c12-9-7(1-2-19-9)10(16)15-8(11(17)18)3-6-4-13-5-14-6/h1-2,4-5,8H,3H2,(H,13,14)(H,15,16)(H,17,18). The minimum absolute atomic E-state index is 0.0804. The fraction of sp³-hybridized carbons (Fsp3) is 0.182. The van der Waals surface area contributed by atoms with Crippen LogP contribution in [0.1, 0.15) is 16.1 Å². The number of aromatic nitrogens is 2. The van der Waals surface area contributed by atoms with E-state index < -0.39 is 17.9 Å². The van der Waals surface area contributed by atoms with E-state index in [-0.39, 0.29) is 17.2 Å². The molecule has 0 aromatic carbocycles. The number of nitrogens with zero attached hydrogens (tertiary/aromatic N) is 1. The second-order valence-electron chi connectivity index (χ2n) is 3.75. The Morgan fingerprint density at radius 3 is 2.89 bits per heavy atom. The number of carboxylic acids is 1. The van der Waals surface area contributed by atoms with E-state index in [9.17, 15) is 9.59 Å². The van der Waals surface area contributed by atoms with Gasteiger partial charge in [0.2, 0.25) is 5.22 Å². The molecule has 0 aliphatic carbocycles. The van der Waals surface area contributed by atoms with Gasteiger partial charge in [-0.3, -0.25) is 4.79 Å². The molecule has 0 aliphatic heterocycles. The molecule has 0 bridgehead atoms. The van der Waals surface area contributed by atoms with Crippen molar-refractivity contribution in [2.45, 2.75) is 12.5 Å². The predicted molar refractivity (Wildman–Crippen MR) is 64.9 cm³/mol. The zero-order chi connectivity index (χ0) is 13.8. The summed E-state index contributed by atoms with van der Waals surface area (Å²) in [6.45, 7) is 0. The number of hydrogen-bond donors (Lipinski definition) is 3. The van der Waals surface area contributed by atoms with Crippen LogP contribution in [0.3, 0.4) is 0 Å². The van der Waals surface area contributed by atoms with Crippen molar-refractivity contribution < 1.29 is 19.1 Å². The molecule has 1 amide bonds. The Balaban J connectivity index is 2.07. The van der Waals surface area contributed by atoms with Crippen molar-refractivity contribution in [3.05, 3.63) is 41.3 Å². The fourth-order valence-corrected chi connectivity index (χ4v) is 1.71. The highest BCUT2D eigenvalue weighted by Gasteiger charge is 2.23. The number of H-pyrrole nitrogens is 1. The highest BCUT2D eigenvalue weighted by atomic mass is 35.5. The summed E-state index contributed by atoms with van der Waals surface area (Å²) < 4.78 is 4.77. The number of carbonyl (C=O) groups excluding carboxylic acids is 1. The van der Waals surface area contributed by atoms with Crippen molar-refractivity contribution in [1.82, 2.24) is 15.3 Å². The summed E-state index contributed by atoms with van der Waals surface area (Å²) in [5, 5.41) is 11.4. The number of halogens is 1. The molecule has 0 spiro atoms. The normalized spacial score (nSPS) is 12.1. The molecule has 0 saturated carbocycles. The number of hydrogen-bond acceptors (Lipinski definition) is 4. The largest absolute Gasteiger partial charge is 0.480 e. The fourth-order valence-electron chi connectivity index (χ4n) is 1.51. The lowest BCUT2D eigenvalue weighted by Crippen LogP contribution is -2.42. The number of amides is 1. The van der Waals surface area contributed by atoms with Crippen LogP contribution in [0.2, 0.25) is 5.22 Å². The SMILES string of the molecule is O=C(NC(Cc1cnc[nH]1)C(=O)O)c1ccoc1Cl. The lowest BCUT2D eigenvalue weighted by atomic mass is 10.1. The van der Waals surface area contributed by atoms with Crippen molar-refractivity contribution in [1.29, 1.82) is 0 Å².